The third-order valence-electron chi connectivity index (χ3n) is 3.88. The van der Waals surface area contributed by atoms with E-state index in [-0.39, 0.29) is 12.5 Å². The monoisotopic (exact) mass is 336 g/mol. The Balaban J connectivity index is 1.74. The molecule has 2 aromatic carbocycles. The van der Waals surface area contributed by atoms with Crippen LogP contribution < -0.4 is 11.1 Å². The molecule has 0 aliphatic carbocycles. The molecule has 7 heteroatoms. The molecule has 0 spiro atoms. The predicted molar refractivity (Wildman–Crippen MR) is 96.9 cm³/mol. The van der Waals surface area contributed by atoms with Gasteiger partial charge in [-0.15, -0.1) is 10.2 Å². The number of aromatic nitrogens is 4. The van der Waals surface area contributed by atoms with Gasteiger partial charge < -0.3 is 11.1 Å². The Morgan fingerprint density at radius 1 is 1.16 bits per heavy atom. The second-order valence-corrected chi connectivity index (χ2v) is 6.05. The minimum absolute atomic E-state index is 0.0213. The van der Waals surface area contributed by atoms with Gasteiger partial charge in [-0.05, 0) is 49.2 Å². The van der Waals surface area contributed by atoms with Crippen LogP contribution in [0.1, 0.15) is 16.7 Å². The fourth-order valence-corrected chi connectivity index (χ4v) is 2.80. The number of carbonyl (C=O) groups excluding carboxylic acids is 1. The number of nitrogens with zero attached hydrogens (tertiary/aromatic N) is 4. The predicted octanol–water partition coefficient (Wildman–Crippen LogP) is 2.49. The van der Waals surface area contributed by atoms with E-state index in [1.807, 2.05) is 51.1 Å². The number of nitrogens with one attached hydrogen (secondary N) is 1. The van der Waals surface area contributed by atoms with Crippen molar-refractivity contribution in [2.75, 3.05) is 11.1 Å². The summed E-state index contributed by atoms with van der Waals surface area (Å²) in [5.74, 6) is 0.189. The first kappa shape index (κ1) is 16.6. The van der Waals surface area contributed by atoms with E-state index in [4.69, 9.17) is 5.73 Å². The lowest BCUT2D eigenvalue weighted by Crippen LogP contribution is -2.21. The van der Waals surface area contributed by atoms with Crippen LogP contribution in [0.5, 0.6) is 0 Å². The van der Waals surface area contributed by atoms with E-state index >= 15 is 0 Å². The normalized spacial score (nSPS) is 10.7. The Labute approximate surface area is 145 Å². The van der Waals surface area contributed by atoms with E-state index in [1.165, 1.54) is 4.80 Å². The van der Waals surface area contributed by atoms with Gasteiger partial charge in [-0.2, -0.15) is 4.80 Å². The summed E-state index contributed by atoms with van der Waals surface area (Å²) in [6.45, 7) is 5.95. The fourth-order valence-electron chi connectivity index (χ4n) is 2.80. The first-order valence-electron chi connectivity index (χ1n) is 7.94. The number of anilines is 2. The summed E-state index contributed by atoms with van der Waals surface area (Å²) in [4.78, 5) is 13.6. The molecule has 0 bridgehead atoms. The Hall–Kier alpha value is -3.22. The van der Waals surface area contributed by atoms with Crippen molar-refractivity contribution in [3.8, 4) is 11.4 Å². The van der Waals surface area contributed by atoms with Crippen molar-refractivity contribution in [3.05, 3.63) is 53.1 Å². The van der Waals surface area contributed by atoms with Gasteiger partial charge >= 0.3 is 0 Å². The van der Waals surface area contributed by atoms with Crippen LogP contribution in [-0.4, -0.2) is 26.1 Å². The topological polar surface area (TPSA) is 98.7 Å². The van der Waals surface area contributed by atoms with Crippen molar-refractivity contribution >= 4 is 17.3 Å². The van der Waals surface area contributed by atoms with Gasteiger partial charge in [-0.1, -0.05) is 29.8 Å². The highest BCUT2D eigenvalue weighted by Crippen LogP contribution is 2.22. The van der Waals surface area contributed by atoms with Gasteiger partial charge in [0.1, 0.15) is 6.54 Å². The molecule has 0 radical (unpaired) electrons. The van der Waals surface area contributed by atoms with Crippen LogP contribution in [0, 0.1) is 20.8 Å². The molecular formula is C18H20N6O. The Bertz CT molecular complexity index is 908. The zero-order chi connectivity index (χ0) is 18.0. The molecular weight excluding hydrogens is 316 g/mol. The smallest absolute Gasteiger partial charge is 0.248 e. The van der Waals surface area contributed by atoms with E-state index in [0.717, 1.165) is 22.4 Å². The van der Waals surface area contributed by atoms with Gasteiger partial charge in [0.15, 0.2) is 0 Å². The Morgan fingerprint density at radius 2 is 1.84 bits per heavy atom. The van der Waals surface area contributed by atoms with Crippen molar-refractivity contribution in [2.24, 2.45) is 0 Å². The lowest BCUT2D eigenvalue weighted by atomic mass is 10.1. The van der Waals surface area contributed by atoms with E-state index in [0.29, 0.717) is 17.1 Å². The number of benzene rings is 2. The highest BCUT2D eigenvalue weighted by Gasteiger charge is 2.13. The molecule has 0 unspecified atom stereocenters. The number of para-hydroxylation sites is 1. The third kappa shape index (κ3) is 3.65. The summed E-state index contributed by atoms with van der Waals surface area (Å²) in [7, 11) is 0. The summed E-state index contributed by atoms with van der Waals surface area (Å²) >= 11 is 0. The molecule has 0 aliphatic heterocycles. The molecule has 128 valence electrons. The van der Waals surface area contributed by atoms with E-state index in [1.54, 1.807) is 6.07 Å². The van der Waals surface area contributed by atoms with Gasteiger partial charge in [0.05, 0.1) is 0 Å². The minimum Gasteiger partial charge on any atom is -0.398 e. The largest absolute Gasteiger partial charge is 0.398 e. The maximum Gasteiger partial charge on any atom is 0.248 e. The lowest BCUT2D eigenvalue weighted by molar-refractivity contribution is -0.117. The number of amides is 1. The average Bonchev–Trinajstić information content (AvgIpc) is 2.99. The summed E-state index contributed by atoms with van der Waals surface area (Å²) in [5, 5.41) is 15.1. The molecule has 7 nitrogen and oxygen atoms in total. The van der Waals surface area contributed by atoms with Crippen LogP contribution in [0.25, 0.3) is 11.4 Å². The van der Waals surface area contributed by atoms with Crippen LogP contribution in [0.3, 0.4) is 0 Å². The average molecular weight is 336 g/mol. The van der Waals surface area contributed by atoms with Gasteiger partial charge in [0, 0.05) is 16.9 Å². The van der Waals surface area contributed by atoms with E-state index in [9.17, 15) is 4.79 Å². The molecule has 3 N–H and O–H groups in total. The number of aryl methyl sites for hydroxylation is 3. The van der Waals surface area contributed by atoms with Crippen LogP contribution >= 0.6 is 0 Å². The minimum atomic E-state index is -0.208. The first-order valence-corrected chi connectivity index (χ1v) is 7.94. The zero-order valence-corrected chi connectivity index (χ0v) is 14.4. The maximum absolute atomic E-state index is 12.3. The van der Waals surface area contributed by atoms with E-state index in [2.05, 4.69) is 20.7 Å². The Kier molecular flexibility index (Phi) is 4.47. The third-order valence-corrected chi connectivity index (χ3v) is 3.88. The molecule has 0 fully saturated rings. The molecule has 1 amide bonds. The number of rotatable bonds is 4. The summed E-state index contributed by atoms with van der Waals surface area (Å²) in [6, 6.07) is 11.3. The van der Waals surface area contributed by atoms with Gasteiger partial charge in [0.25, 0.3) is 0 Å². The van der Waals surface area contributed by atoms with Crippen molar-refractivity contribution in [1.82, 2.24) is 20.2 Å². The standard InChI is InChI=1S/C18H20N6O/c1-11-8-12(2)17(13(3)9-11)20-16(25)10-24-22-18(21-23-24)14-6-4-5-7-15(14)19/h4-9H,10,19H2,1-3H3,(H,20,25). The molecule has 0 saturated carbocycles. The highest BCUT2D eigenvalue weighted by atomic mass is 16.2. The lowest BCUT2D eigenvalue weighted by Gasteiger charge is -2.12. The molecule has 3 aromatic rings. The number of nitrogens with two attached hydrogens (primary N) is 1. The van der Waals surface area contributed by atoms with Crippen LogP contribution in [0.15, 0.2) is 36.4 Å². The van der Waals surface area contributed by atoms with Crippen molar-refractivity contribution in [3.63, 3.8) is 0 Å². The molecule has 1 aromatic heterocycles. The Morgan fingerprint density at radius 3 is 2.52 bits per heavy atom. The van der Waals surface area contributed by atoms with Gasteiger partial charge in [-0.3, -0.25) is 4.79 Å². The maximum atomic E-state index is 12.3. The highest BCUT2D eigenvalue weighted by molar-refractivity contribution is 5.92. The second-order valence-electron chi connectivity index (χ2n) is 6.05. The molecule has 0 saturated heterocycles. The molecule has 3 rings (SSSR count). The number of tetrazole rings is 1. The van der Waals surface area contributed by atoms with Crippen LogP contribution in [0.4, 0.5) is 11.4 Å². The summed E-state index contributed by atoms with van der Waals surface area (Å²) in [6.07, 6.45) is 0. The second kappa shape index (κ2) is 6.72. The fraction of sp³-hybridized carbons (Fsp3) is 0.222. The number of nitrogen functional groups attached to an aromatic ring is 1. The van der Waals surface area contributed by atoms with Crippen molar-refractivity contribution < 1.29 is 4.79 Å². The number of carbonyl (C=O) groups is 1. The molecule has 0 aliphatic rings. The SMILES string of the molecule is Cc1cc(C)c(NC(=O)Cn2nnc(-c3ccccc3N)n2)c(C)c1. The van der Waals surface area contributed by atoms with E-state index < -0.39 is 0 Å². The van der Waals surface area contributed by atoms with Crippen LogP contribution in [0.2, 0.25) is 0 Å². The van der Waals surface area contributed by atoms with Crippen molar-refractivity contribution in [1.29, 1.82) is 0 Å². The molecule has 1 heterocycles. The zero-order valence-electron chi connectivity index (χ0n) is 14.4. The number of hydrogen-bond donors (Lipinski definition) is 2. The van der Waals surface area contributed by atoms with Crippen LogP contribution in [-0.2, 0) is 11.3 Å². The van der Waals surface area contributed by atoms with Gasteiger partial charge in [0.2, 0.25) is 11.7 Å². The van der Waals surface area contributed by atoms with Crippen molar-refractivity contribution in [2.45, 2.75) is 27.3 Å². The quantitative estimate of drug-likeness (QED) is 0.713. The molecule has 25 heavy (non-hydrogen) atoms. The number of hydrogen-bond acceptors (Lipinski definition) is 5. The summed E-state index contributed by atoms with van der Waals surface area (Å²) < 4.78 is 0. The molecule has 0 atom stereocenters. The van der Waals surface area contributed by atoms with Gasteiger partial charge in [-0.25, -0.2) is 0 Å². The first-order chi connectivity index (χ1) is 11.9. The summed E-state index contributed by atoms with van der Waals surface area (Å²) in [5.41, 5.74) is 11.2.